The standard InChI is InChI=1S/C14H20O4S/c1-14(2,3)11-7-10(12(19-11)13(15)16)18-8-9-5-4-6-17-9/h7,9H,4-6,8H2,1-3H3,(H,15,16). The van der Waals surface area contributed by atoms with E-state index in [0.717, 1.165) is 24.3 Å². The zero-order valence-electron chi connectivity index (χ0n) is 11.6. The maximum atomic E-state index is 11.3. The first-order chi connectivity index (χ1) is 8.88. The molecule has 1 aromatic rings. The van der Waals surface area contributed by atoms with Crippen molar-refractivity contribution in [3.05, 3.63) is 15.8 Å². The predicted molar refractivity (Wildman–Crippen MR) is 74.4 cm³/mol. The van der Waals surface area contributed by atoms with Gasteiger partial charge in [-0.25, -0.2) is 4.79 Å². The van der Waals surface area contributed by atoms with Crippen molar-refractivity contribution in [2.75, 3.05) is 13.2 Å². The van der Waals surface area contributed by atoms with Crippen LogP contribution in [0.25, 0.3) is 0 Å². The van der Waals surface area contributed by atoms with Gasteiger partial charge < -0.3 is 14.6 Å². The Morgan fingerprint density at radius 1 is 1.58 bits per heavy atom. The fraction of sp³-hybridized carbons (Fsp3) is 0.643. The van der Waals surface area contributed by atoms with Gasteiger partial charge in [-0.15, -0.1) is 11.3 Å². The van der Waals surface area contributed by atoms with Crippen molar-refractivity contribution in [2.45, 2.75) is 45.1 Å². The summed E-state index contributed by atoms with van der Waals surface area (Å²) in [4.78, 5) is 12.6. The zero-order chi connectivity index (χ0) is 14.0. The molecule has 0 amide bonds. The second-order valence-electron chi connectivity index (χ2n) is 5.81. The molecule has 2 rings (SSSR count). The molecular weight excluding hydrogens is 264 g/mol. The van der Waals surface area contributed by atoms with Crippen molar-refractivity contribution in [1.82, 2.24) is 0 Å². The van der Waals surface area contributed by atoms with E-state index in [1.54, 1.807) is 0 Å². The highest BCUT2D eigenvalue weighted by Gasteiger charge is 2.25. The van der Waals surface area contributed by atoms with Gasteiger partial charge in [-0.3, -0.25) is 0 Å². The summed E-state index contributed by atoms with van der Waals surface area (Å²) in [5, 5.41) is 9.24. The van der Waals surface area contributed by atoms with E-state index in [2.05, 4.69) is 20.8 Å². The summed E-state index contributed by atoms with van der Waals surface area (Å²) in [5.41, 5.74) is -0.0691. The number of aromatic carboxylic acids is 1. The number of carboxylic acid groups (broad SMARTS) is 1. The summed E-state index contributed by atoms with van der Waals surface area (Å²) in [6, 6.07) is 1.85. The Bertz CT molecular complexity index is 453. The second-order valence-corrected chi connectivity index (χ2v) is 6.86. The third kappa shape index (κ3) is 3.48. The average Bonchev–Trinajstić information content (AvgIpc) is 2.94. The number of carboxylic acids is 1. The second kappa shape index (κ2) is 5.51. The fourth-order valence-corrected chi connectivity index (χ4v) is 2.96. The fourth-order valence-electron chi connectivity index (χ4n) is 1.96. The molecule has 0 spiro atoms. The van der Waals surface area contributed by atoms with Gasteiger partial charge in [0.2, 0.25) is 0 Å². The molecule has 1 saturated heterocycles. The van der Waals surface area contributed by atoms with Crippen molar-refractivity contribution in [3.63, 3.8) is 0 Å². The lowest BCUT2D eigenvalue weighted by molar-refractivity contribution is 0.0635. The van der Waals surface area contributed by atoms with Gasteiger partial charge in [0.05, 0.1) is 6.10 Å². The van der Waals surface area contributed by atoms with Crippen molar-refractivity contribution >= 4 is 17.3 Å². The van der Waals surface area contributed by atoms with Gasteiger partial charge in [-0.1, -0.05) is 20.8 Å². The first kappa shape index (κ1) is 14.3. The number of hydrogen-bond acceptors (Lipinski definition) is 4. The van der Waals surface area contributed by atoms with Gasteiger partial charge in [0.1, 0.15) is 12.4 Å². The molecule has 1 aromatic heterocycles. The summed E-state index contributed by atoms with van der Waals surface area (Å²) in [6.45, 7) is 7.40. The molecule has 1 N–H and O–H groups in total. The van der Waals surface area contributed by atoms with Gasteiger partial charge in [0, 0.05) is 11.5 Å². The Kier molecular flexibility index (Phi) is 4.16. The van der Waals surface area contributed by atoms with E-state index >= 15 is 0 Å². The summed E-state index contributed by atoms with van der Waals surface area (Å²) >= 11 is 1.29. The minimum atomic E-state index is -0.928. The molecule has 1 unspecified atom stereocenters. The Balaban J connectivity index is 2.13. The largest absolute Gasteiger partial charge is 0.489 e. The monoisotopic (exact) mass is 284 g/mol. The molecule has 5 heteroatoms. The summed E-state index contributed by atoms with van der Waals surface area (Å²) in [6.07, 6.45) is 2.13. The number of hydrogen-bond donors (Lipinski definition) is 1. The maximum absolute atomic E-state index is 11.3. The molecule has 0 radical (unpaired) electrons. The van der Waals surface area contributed by atoms with Gasteiger partial charge in [0.15, 0.2) is 4.88 Å². The molecule has 0 aliphatic carbocycles. The Morgan fingerprint density at radius 2 is 2.32 bits per heavy atom. The van der Waals surface area contributed by atoms with Crippen molar-refractivity contribution in [3.8, 4) is 5.75 Å². The molecule has 1 fully saturated rings. The van der Waals surface area contributed by atoms with Gasteiger partial charge in [-0.2, -0.15) is 0 Å². The third-order valence-corrected chi connectivity index (χ3v) is 4.61. The highest BCUT2D eigenvalue weighted by molar-refractivity contribution is 7.14. The number of carbonyl (C=O) groups is 1. The molecular formula is C14H20O4S. The Labute approximate surface area is 117 Å². The van der Waals surface area contributed by atoms with Crippen molar-refractivity contribution in [1.29, 1.82) is 0 Å². The molecule has 2 heterocycles. The van der Waals surface area contributed by atoms with E-state index in [1.807, 2.05) is 6.07 Å². The minimum absolute atomic E-state index is 0.0691. The quantitative estimate of drug-likeness (QED) is 0.921. The molecule has 1 aliphatic heterocycles. The smallest absolute Gasteiger partial charge is 0.349 e. The molecule has 0 saturated carbocycles. The normalized spacial score (nSPS) is 19.6. The van der Waals surface area contributed by atoms with Crippen LogP contribution in [0, 0.1) is 0 Å². The van der Waals surface area contributed by atoms with Crippen LogP contribution in [0.4, 0.5) is 0 Å². The van der Waals surface area contributed by atoms with E-state index in [4.69, 9.17) is 9.47 Å². The van der Waals surface area contributed by atoms with Crippen LogP contribution in [-0.2, 0) is 10.2 Å². The van der Waals surface area contributed by atoms with Gasteiger partial charge in [-0.05, 0) is 24.3 Å². The highest BCUT2D eigenvalue weighted by Crippen LogP contribution is 2.37. The average molecular weight is 284 g/mol. The van der Waals surface area contributed by atoms with Crippen molar-refractivity contribution < 1.29 is 19.4 Å². The number of thiophene rings is 1. The van der Waals surface area contributed by atoms with E-state index in [0.29, 0.717) is 12.4 Å². The first-order valence-corrected chi connectivity index (χ1v) is 7.31. The van der Waals surface area contributed by atoms with Crippen LogP contribution in [-0.4, -0.2) is 30.4 Å². The van der Waals surface area contributed by atoms with E-state index in [9.17, 15) is 9.90 Å². The number of rotatable bonds is 4. The van der Waals surface area contributed by atoms with E-state index in [-0.39, 0.29) is 16.4 Å². The Hall–Kier alpha value is -1.07. The molecule has 19 heavy (non-hydrogen) atoms. The molecule has 1 atom stereocenters. The van der Waals surface area contributed by atoms with Crippen LogP contribution in [0.3, 0.4) is 0 Å². The summed E-state index contributed by atoms with van der Waals surface area (Å²) < 4.78 is 11.1. The van der Waals surface area contributed by atoms with Crippen LogP contribution in [0.15, 0.2) is 6.07 Å². The lowest BCUT2D eigenvalue weighted by Gasteiger charge is -2.15. The number of ether oxygens (including phenoxy) is 2. The summed E-state index contributed by atoms with van der Waals surface area (Å²) in [7, 11) is 0. The van der Waals surface area contributed by atoms with Crippen LogP contribution >= 0.6 is 11.3 Å². The van der Waals surface area contributed by atoms with Crippen LogP contribution in [0.1, 0.15) is 48.2 Å². The molecule has 0 bridgehead atoms. The Morgan fingerprint density at radius 3 is 2.84 bits per heavy atom. The molecule has 4 nitrogen and oxygen atoms in total. The van der Waals surface area contributed by atoms with Crippen LogP contribution in [0.5, 0.6) is 5.75 Å². The first-order valence-electron chi connectivity index (χ1n) is 6.50. The molecule has 1 aliphatic rings. The zero-order valence-corrected chi connectivity index (χ0v) is 12.4. The van der Waals surface area contributed by atoms with E-state index < -0.39 is 5.97 Å². The maximum Gasteiger partial charge on any atom is 0.349 e. The SMILES string of the molecule is CC(C)(C)c1cc(OCC2CCCO2)c(C(=O)O)s1. The van der Waals surface area contributed by atoms with Crippen LogP contribution < -0.4 is 4.74 Å². The third-order valence-electron chi connectivity index (χ3n) is 3.08. The highest BCUT2D eigenvalue weighted by atomic mass is 32.1. The topological polar surface area (TPSA) is 55.8 Å². The lowest BCUT2D eigenvalue weighted by Crippen LogP contribution is -2.16. The van der Waals surface area contributed by atoms with Crippen LogP contribution in [0.2, 0.25) is 0 Å². The predicted octanol–water partition coefficient (Wildman–Crippen LogP) is 3.30. The molecule has 0 aromatic carbocycles. The van der Waals surface area contributed by atoms with Gasteiger partial charge >= 0.3 is 5.97 Å². The lowest BCUT2D eigenvalue weighted by atomic mass is 9.95. The minimum Gasteiger partial charge on any atom is -0.489 e. The van der Waals surface area contributed by atoms with E-state index in [1.165, 1.54) is 11.3 Å². The summed E-state index contributed by atoms with van der Waals surface area (Å²) in [5.74, 6) is -0.458. The van der Waals surface area contributed by atoms with Crippen molar-refractivity contribution in [2.24, 2.45) is 0 Å². The molecule has 106 valence electrons. The van der Waals surface area contributed by atoms with Gasteiger partial charge in [0.25, 0.3) is 0 Å².